The van der Waals surface area contributed by atoms with Crippen LogP contribution in [0, 0.1) is 22.7 Å². The normalized spacial score (nSPS) is 13.2. The number of halogens is 27. The first kappa shape index (κ1) is 70.7. The second-order valence-corrected chi connectivity index (χ2v) is 23.2. The molecule has 0 aliphatic carbocycles. The molecule has 0 unspecified atom stereocenters. The van der Waals surface area contributed by atoms with Crippen molar-refractivity contribution in [2.24, 2.45) is 0 Å². The van der Waals surface area contributed by atoms with Crippen LogP contribution >= 0.6 is 0 Å². The molecule has 31 heteroatoms. The minimum atomic E-state index is -5.47. The fourth-order valence-electron chi connectivity index (χ4n) is 12.0. The third kappa shape index (κ3) is 13.3. The number of hydrogen-bond donors (Lipinski definition) is 0. The molecule has 0 aliphatic heterocycles. The molecule has 0 saturated heterocycles. The number of benzene rings is 10. The topological polar surface area (TPSA) is 57.4 Å². The summed E-state index contributed by atoms with van der Waals surface area (Å²) in [6.45, 7) is 0. The monoisotopic (exact) mass is 1450 g/mol. The Morgan fingerprint density at radius 3 is 0.667 bits per heavy atom. The molecule has 2 heterocycles. The highest BCUT2D eigenvalue weighted by molar-refractivity contribution is 6.14. The Labute approximate surface area is 552 Å². The van der Waals surface area contributed by atoms with Crippen molar-refractivity contribution >= 4 is 43.6 Å². The molecule has 0 amide bonds. The molecule has 10 aromatic carbocycles. The van der Waals surface area contributed by atoms with E-state index in [1.165, 1.54) is 0 Å². The Kier molecular flexibility index (Phi) is 16.5. The molecule has 12 aromatic rings. The van der Waals surface area contributed by atoms with Gasteiger partial charge in [0.05, 0.1) is 107 Å². The Morgan fingerprint density at radius 1 is 0.216 bits per heavy atom. The summed E-state index contributed by atoms with van der Waals surface area (Å²) in [6.07, 6.45) is -49.0. The van der Waals surface area contributed by atoms with Crippen molar-refractivity contribution in [2.45, 2.75) is 55.6 Å². The lowest BCUT2D eigenvalue weighted by atomic mass is 9.94. The minimum absolute atomic E-state index is 0.219. The van der Waals surface area contributed by atoms with Gasteiger partial charge in [-0.05, 0) is 202 Å². The van der Waals surface area contributed by atoms with Gasteiger partial charge in [0.15, 0.2) is 0 Å². The molecule has 2 aromatic heterocycles. The van der Waals surface area contributed by atoms with Crippen molar-refractivity contribution in [2.75, 3.05) is 0 Å². The van der Waals surface area contributed by atoms with E-state index in [4.69, 9.17) is 0 Å². The fraction of sp³-hybridized carbons (Fsp3) is 0.127. The Balaban J connectivity index is 1.25. The predicted molar refractivity (Wildman–Crippen MR) is 317 cm³/mol. The molecule has 522 valence electrons. The highest BCUT2D eigenvalue weighted by Crippen LogP contribution is 2.50. The van der Waals surface area contributed by atoms with Crippen LogP contribution in [0.5, 0.6) is 0 Å². The first-order valence-electron chi connectivity index (χ1n) is 28.7. The average Bonchev–Trinajstić information content (AvgIpc) is 1.55. The van der Waals surface area contributed by atoms with E-state index in [2.05, 4.69) is 0 Å². The zero-order valence-electron chi connectivity index (χ0n) is 49.7. The molecule has 0 atom stereocenters. The van der Waals surface area contributed by atoms with E-state index < -0.39 is 184 Å². The summed E-state index contributed by atoms with van der Waals surface area (Å²) in [5.74, 6) is 0. The Bertz CT molecular complexity index is 5140. The van der Waals surface area contributed by atoms with Crippen LogP contribution in [0.15, 0.2) is 176 Å². The Morgan fingerprint density at radius 2 is 0.441 bits per heavy atom. The third-order valence-electron chi connectivity index (χ3n) is 16.6. The Hall–Kier alpha value is -11.1. The SMILES string of the molecule is N#Cc1cc(-c2cc(-n3c4ccc(-c5cc(C(F)(F)F)cc(C(F)(F)F)c5)cc4c4cc(-c5cc(C(F)(F)F)cc(C(F)(F)F)c5)ccc43)c(-n3c4ccc(-c5cc(C(F)(F)F)cc(C(F)(F)F)c5)cc4c4cc(-c5cc(C(F)(F)F)cc(C(F)(F)F)c5)ccc43)cc2C#N)cc(C(F)(F)F)c1. The van der Waals surface area contributed by atoms with Gasteiger partial charge >= 0.3 is 55.6 Å². The lowest BCUT2D eigenvalue weighted by Gasteiger charge is -2.20. The van der Waals surface area contributed by atoms with Gasteiger partial charge in [0.1, 0.15) is 0 Å². The lowest BCUT2D eigenvalue weighted by Crippen LogP contribution is -2.11. The molecule has 0 saturated carbocycles. The van der Waals surface area contributed by atoms with Crippen molar-refractivity contribution in [3.05, 3.63) is 237 Å². The highest BCUT2D eigenvalue weighted by atomic mass is 19.4. The standard InChI is InChI=1S/C71H29F27N4/c72-63(73,74)43-10-32(30-99)9-41(19-43)52-29-62(102-59-7-3-35(39-15-48(68(87,88)89)27-49(16-39)69(90,91)92)22-55(59)56-23-36(4-8-60(56)102)40-17-50(70(93,94)95)28-51(18-40)71(96,97)98)61(24-42(52)31-100)101-57-5-1-33(37-11-44(64(75,76)77)25-45(12-37)65(78,79)80)20-53(57)54-21-34(2-6-58(54)101)38-13-46(66(81,82)83)26-47(14-38)67(84,85)86/h1-29H. The van der Waals surface area contributed by atoms with Gasteiger partial charge in [-0.1, -0.05) is 24.3 Å². The maximum absolute atomic E-state index is 14.8. The number of fused-ring (bicyclic) bond motifs is 6. The van der Waals surface area contributed by atoms with Crippen molar-refractivity contribution in [3.8, 4) is 79.1 Å². The summed E-state index contributed by atoms with van der Waals surface area (Å²) in [7, 11) is 0. The summed E-state index contributed by atoms with van der Waals surface area (Å²) in [4.78, 5) is 0. The second-order valence-electron chi connectivity index (χ2n) is 23.2. The molecule has 0 spiro atoms. The van der Waals surface area contributed by atoms with Gasteiger partial charge in [-0.3, -0.25) is 0 Å². The molecule has 12 rings (SSSR count). The van der Waals surface area contributed by atoms with Crippen LogP contribution in [-0.4, -0.2) is 9.13 Å². The fourth-order valence-corrected chi connectivity index (χ4v) is 12.0. The first-order valence-corrected chi connectivity index (χ1v) is 28.7. The van der Waals surface area contributed by atoms with Gasteiger partial charge in [-0.2, -0.15) is 129 Å². The zero-order chi connectivity index (χ0) is 74.5. The average molecular weight is 1450 g/mol. The van der Waals surface area contributed by atoms with Gasteiger partial charge in [0.2, 0.25) is 0 Å². The number of nitriles is 2. The number of aromatic nitrogens is 2. The van der Waals surface area contributed by atoms with Gasteiger partial charge in [-0.15, -0.1) is 0 Å². The van der Waals surface area contributed by atoms with Crippen LogP contribution in [0.25, 0.3) is 111 Å². The van der Waals surface area contributed by atoms with Crippen LogP contribution in [0.4, 0.5) is 119 Å². The van der Waals surface area contributed by atoms with E-state index in [0.717, 1.165) is 100 Å². The van der Waals surface area contributed by atoms with Crippen LogP contribution in [-0.2, 0) is 55.6 Å². The number of rotatable bonds is 7. The smallest absolute Gasteiger partial charge is 0.307 e. The molecule has 0 radical (unpaired) electrons. The van der Waals surface area contributed by atoms with Crippen molar-refractivity contribution in [1.82, 2.24) is 9.13 Å². The lowest BCUT2D eigenvalue weighted by molar-refractivity contribution is -0.144. The second kappa shape index (κ2) is 23.8. The van der Waals surface area contributed by atoms with Gasteiger partial charge in [0.25, 0.3) is 0 Å². The molecule has 4 nitrogen and oxygen atoms in total. The molecule has 102 heavy (non-hydrogen) atoms. The van der Waals surface area contributed by atoms with Gasteiger partial charge in [-0.25, -0.2) is 0 Å². The molecule has 0 bridgehead atoms. The molecule has 0 fully saturated rings. The molecule has 0 N–H and O–H groups in total. The first-order chi connectivity index (χ1) is 47.1. The van der Waals surface area contributed by atoms with Crippen molar-refractivity contribution in [3.63, 3.8) is 0 Å². The summed E-state index contributed by atoms with van der Waals surface area (Å²) in [6, 6.07) is 20.1. The largest absolute Gasteiger partial charge is 0.416 e. The predicted octanol–water partition coefficient (Wildman–Crippen LogP) is 25.1. The third-order valence-corrected chi connectivity index (χ3v) is 16.6. The van der Waals surface area contributed by atoms with Gasteiger partial charge < -0.3 is 9.13 Å². The minimum Gasteiger partial charge on any atom is -0.307 e. The van der Waals surface area contributed by atoms with Crippen molar-refractivity contribution < 1.29 is 119 Å². The summed E-state index contributed by atoms with van der Waals surface area (Å²) < 4.78 is 393. The summed E-state index contributed by atoms with van der Waals surface area (Å²) >= 11 is 0. The number of nitrogens with zero attached hydrogens (tertiary/aromatic N) is 4. The van der Waals surface area contributed by atoms with E-state index in [1.54, 1.807) is 12.1 Å². The van der Waals surface area contributed by atoms with Crippen LogP contribution in [0.3, 0.4) is 0 Å². The van der Waals surface area contributed by atoms with Crippen LogP contribution in [0.2, 0.25) is 0 Å². The van der Waals surface area contributed by atoms with E-state index in [1.807, 2.05) is 0 Å². The maximum Gasteiger partial charge on any atom is 0.416 e. The summed E-state index contributed by atoms with van der Waals surface area (Å²) in [5.41, 5.74) is -26.1. The number of hydrogen-bond acceptors (Lipinski definition) is 2. The molecular formula is C71H29F27N4. The maximum atomic E-state index is 14.8. The summed E-state index contributed by atoms with van der Waals surface area (Å²) in [5, 5.41) is 19.8. The van der Waals surface area contributed by atoms with Crippen LogP contribution < -0.4 is 0 Å². The zero-order valence-corrected chi connectivity index (χ0v) is 49.7. The van der Waals surface area contributed by atoms with E-state index in [0.29, 0.717) is 60.7 Å². The molecule has 0 aliphatic rings. The quantitative estimate of drug-likeness (QED) is 0.149. The molecular weight excluding hydrogens is 1420 g/mol. The number of alkyl halides is 27. The highest BCUT2D eigenvalue weighted by Gasteiger charge is 2.42. The van der Waals surface area contributed by atoms with E-state index in [-0.39, 0.29) is 67.9 Å². The van der Waals surface area contributed by atoms with Crippen molar-refractivity contribution in [1.29, 1.82) is 10.5 Å². The van der Waals surface area contributed by atoms with E-state index in [9.17, 15) is 129 Å². The van der Waals surface area contributed by atoms with Crippen LogP contribution in [0.1, 0.15) is 61.2 Å². The van der Waals surface area contributed by atoms with Gasteiger partial charge in [0, 0.05) is 27.1 Å². The van der Waals surface area contributed by atoms with E-state index >= 15 is 0 Å².